The predicted molar refractivity (Wildman–Crippen MR) is 53.7 cm³/mol. The summed E-state index contributed by atoms with van der Waals surface area (Å²) in [6.07, 6.45) is 1.79. The molecule has 13 heavy (non-hydrogen) atoms. The van der Waals surface area contributed by atoms with E-state index in [0.717, 1.165) is 24.5 Å². The maximum Gasteiger partial charge on any atom is 0.131 e. The maximum atomic E-state index is 5.33. The van der Waals surface area contributed by atoms with Crippen LogP contribution in [0.15, 0.2) is 18.3 Å². The van der Waals surface area contributed by atoms with E-state index in [2.05, 4.69) is 17.2 Å². The highest BCUT2D eigenvalue weighted by Crippen LogP contribution is 2.11. The van der Waals surface area contributed by atoms with Crippen LogP contribution in [-0.2, 0) is 11.3 Å². The third kappa shape index (κ3) is 3.03. The molecule has 1 rings (SSSR count). The van der Waals surface area contributed by atoms with Gasteiger partial charge in [-0.05, 0) is 19.9 Å². The van der Waals surface area contributed by atoms with Gasteiger partial charge in [0.15, 0.2) is 0 Å². The van der Waals surface area contributed by atoms with Gasteiger partial charge in [-0.25, -0.2) is 4.98 Å². The van der Waals surface area contributed by atoms with Gasteiger partial charge in [0.1, 0.15) is 5.82 Å². The highest BCUT2D eigenvalue weighted by atomic mass is 16.5. The number of rotatable bonds is 5. The Hall–Kier alpha value is -1.09. The van der Waals surface area contributed by atoms with Gasteiger partial charge in [-0.2, -0.15) is 0 Å². The van der Waals surface area contributed by atoms with Crippen molar-refractivity contribution >= 4 is 5.82 Å². The average Bonchev–Trinajstić information content (AvgIpc) is 2.17. The number of nitrogens with one attached hydrogen (secondary N) is 1. The van der Waals surface area contributed by atoms with Crippen molar-refractivity contribution in [3.05, 3.63) is 23.9 Å². The first-order valence-electron chi connectivity index (χ1n) is 4.64. The summed E-state index contributed by atoms with van der Waals surface area (Å²) in [5, 5.41) is 3.19. The predicted octanol–water partition coefficient (Wildman–Crippen LogP) is 2.05. The molecule has 72 valence electrons. The second-order valence-corrected chi connectivity index (χ2v) is 2.68. The van der Waals surface area contributed by atoms with Crippen molar-refractivity contribution in [1.82, 2.24) is 4.98 Å². The molecular weight excluding hydrogens is 164 g/mol. The number of ether oxygens (including phenoxy) is 1. The molecule has 0 aromatic carbocycles. The molecule has 3 heteroatoms. The summed E-state index contributed by atoms with van der Waals surface area (Å²) >= 11 is 0. The summed E-state index contributed by atoms with van der Waals surface area (Å²) in [5.74, 6) is 0.929. The van der Waals surface area contributed by atoms with Gasteiger partial charge in [0.2, 0.25) is 0 Å². The minimum Gasteiger partial charge on any atom is -0.377 e. The van der Waals surface area contributed by atoms with Gasteiger partial charge < -0.3 is 10.1 Å². The van der Waals surface area contributed by atoms with Crippen molar-refractivity contribution in [2.24, 2.45) is 0 Å². The summed E-state index contributed by atoms with van der Waals surface area (Å²) < 4.78 is 5.33. The molecule has 0 aliphatic carbocycles. The smallest absolute Gasteiger partial charge is 0.131 e. The molecule has 0 fully saturated rings. The Morgan fingerprint density at radius 3 is 3.00 bits per heavy atom. The van der Waals surface area contributed by atoms with Gasteiger partial charge in [-0.15, -0.1) is 0 Å². The lowest BCUT2D eigenvalue weighted by Crippen LogP contribution is -2.04. The minimum atomic E-state index is 0.632. The molecule has 0 saturated carbocycles. The van der Waals surface area contributed by atoms with Crippen molar-refractivity contribution < 1.29 is 4.74 Å². The van der Waals surface area contributed by atoms with Crippen LogP contribution in [0.25, 0.3) is 0 Å². The summed E-state index contributed by atoms with van der Waals surface area (Å²) in [6, 6.07) is 3.95. The molecule has 0 saturated heterocycles. The van der Waals surface area contributed by atoms with Crippen LogP contribution in [0.3, 0.4) is 0 Å². The Morgan fingerprint density at radius 1 is 1.46 bits per heavy atom. The van der Waals surface area contributed by atoms with Crippen LogP contribution in [0.1, 0.15) is 19.4 Å². The van der Waals surface area contributed by atoms with E-state index in [4.69, 9.17) is 4.74 Å². The van der Waals surface area contributed by atoms with Crippen LogP contribution in [0.2, 0.25) is 0 Å². The lowest BCUT2D eigenvalue weighted by molar-refractivity contribution is 0.134. The van der Waals surface area contributed by atoms with E-state index >= 15 is 0 Å². The highest BCUT2D eigenvalue weighted by molar-refractivity contribution is 5.42. The van der Waals surface area contributed by atoms with Crippen LogP contribution in [-0.4, -0.2) is 18.1 Å². The first-order valence-corrected chi connectivity index (χ1v) is 4.64. The normalized spacial score (nSPS) is 10.0. The third-order valence-corrected chi connectivity index (χ3v) is 1.70. The van der Waals surface area contributed by atoms with E-state index in [1.165, 1.54) is 0 Å². The monoisotopic (exact) mass is 180 g/mol. The lowest BCUT2D eigenvalue weighted by atomic mass is 10.2. The first kappa shape index (κ1) is 9.99. The highest BCUT2D eigenvalue weighted by Gasteiger charge is 2.00. The summed E-state index contributed by atoms with van der Waals surface area (Å²) in [5.41, 5.74) is 1.12. The molecule has 1 heterocycles. The average molecular weight is 180 g/mol. The number of aromatic nitrogens is 1. The van der Waals surface area contributed by atoms with E-state index in [-0.39, 0.29) is 0 Å². The molecule has 0 aliphatic rings. The van der Waals surface area contributed by atoms with Crippen molar-refractivity contribution in [1.29, 1.82) is 0 Å². The number of hydrogen-bond donors (Lipinski definition) is 1. The summed E-state index contributed by atoms with van der Waals surface area (Å²) in [7, 11) is 0. The molecule has 0 amide bonds. The first-order chi connectivity index (χ1) is 6.38. The number of nitrogens with zero attached hydrogens (tertiary/aromatic N) is 1. The van der Waals surface area contributed by atoms with E-state index in [0.29, 0.717) is 6.61 Å². The molecular formula is C10H16N2O. The Balaban J connectivity index is 2.66. The van der Waals surface area contributed by atoms with Gasteiger partial charge in [-0.1, -0.05) is 6.07 Å². The largest absolute Gasteiger partial charge is 0.377 e. The Kier molecular flexibility index (Phi) is 4.26. The van der Waals surface area contributed by atoms with E-state index < -0.39 is 0 Å². The molecule has 1 aromatic heterocycles. The molecule has 0 aliphatic heterocycles. The second-order valence-electron chi connectivity index (χ2n) is 2.68. The van der Waals surface area contributed by atoms with E-state index in [9.17, 15) is 0 Å². The van der Waals surface area contributed by atoms with Crippen LogP contribution in [0.5, 0.6) is 0 Å². The fourth-order valence-corrected chi connectivity index (χ4v) is 1.09. The van der Waals surface area contributed by atoms with Crippen LogP contribution in [0.4, 0.5) is 5.82 Å². The zero-order valence-corrected chi connectivity index (χ0v) is 8.21. The van der Waals surface area contributed by atoms with Crippen LogP contribution < -0.4 is 5.32 Å². The zero-order valence-electron chi connectivity index (χ0n) is 8.21. The Labute approximate surface area is 79.1 Å². The van der Waals surface area contributed by atoms with Crippen LogP contribution >= 0.6 is 0 Å². The Morgan fingerprint density at radius 2 is 2.31 bits per heavy atom. The summed E-state index contributed by atoms with van der Waals surface area (Å²) in [4.78, 5) is 4.23. The number of hydrogen-bond acceptors (Lipinski definition) is 3. The van der Waals surface area contributed by atoms with Crippen molar-refractivity contribution in [2.45, 2.75) is 20.5 Å². The fourth-order valence-electron chi connectivity index (χ4n) is 1.09. The summed E-state index contributed by atoms with van der Waals surface area (Å²) in [6.45, 7) is 6.30. The standard InChI is InChI=1S/C10H16N2O/c1-3-11-10-9(8-13-4-2)6-5-7-12-10/h5-7H,3-4,8H2,1-2H3,(H,11,12). The minimum absolute atomic E-state index is 0.632. The molecule has 0 bridgehead atoms. The van der Waals surface area contributed by atoms with Crippen molar-refractivity contribution in [3.8, 4) is 0 Å². The molecule has 0 unspecified atom stereocenters. The van der Waals surface area contributed by atoms with Crippen molar-refractivity contribution in [2.75, 3.05) is 18.5 Å². The maximum absolute atomic E-state index is 5.33. The molecule has 0 spiro atoms. The van der Waals surface area contributed by atoms with Gasteiger partial charge in [0, 0.05) is 24.9 Å². The van der Waals surface area contributed by atoms with E-state index in [1.807, 2.05) is 19.1 Å². The van der Waals surface area contributed by atoms with Gasteiger partial charge in [0.25, 0.3) is 0 Å². The van der Waals surface area contributed by atoms with Gasteiger partial charge in [-0.3, -0.25) is 0 Å². The molecule has 3 nitrogen and oxygen atoms in total. The Bertz CT molecular complexity index is 250. The SMILES string of the molecule is CCNc1ncccc1COCC. The molecule has 1 aromatic rings. The zero-order chi connectivity index (χ0) is 9.52. The van der Waals surface area contributed by atoms with Gasteiger partial charge >= 0.3 is 0 Å². The number of anilines is 1. The number of pyridine rings is 1. The van der Waals surface area contributed by atoms with Crippen molar-refractivity contribution in [3.63, 3.8) is 0 Å². The van der Waals surface area contributed by atoms with E-state index in [1.54, 1.807) is 6.20 Å². The second kappa shape index (κ2) is 5.54. The fraction of sp³-hybridized carbons (Fsp3) is 0.500. The topological polar surface area (TPSA) is 34.2 Å². The van der Waals surface area contributed by atoms with Gasteiger partial charge in [0.05, 0.1) is 6.61 Å². The van der Waals surface area contributed by atoms with Crippen LogP contribution in [0, 0.1) is 0 Å². The third-order valence-electron chi connectivity index (χ3n) is 1.70. The quantitative estimate of drug-likeness (QED) is 0.753. The molecule has 1 N–H and O–H groups in total. The molecule has 0 atom stereocenters. The lowest BCUT2D eigenvalue weighted by Gasteiger charge is -2.08. The molecule has 0 radical (unpaired) electrons.